The van der Waals surface area contributed by atoms with E-state index in [0.29, 0.717) is 17.6 Å². The van der Waals surface area contributed by atoms with Crippen LogP contribution in [0.5, 0.6) is 0 Å². The van der Waals surface area contributed by atoms with Crippen molar-refractivity contribution in [2.45, 2.75) is 20.3 Å². The zero-order valence-electron chi connectivity index (χ0n) is 35.3. The Morgan fingerprint density at radius 3 is 1.66 bits per heavy atom. The van der Waals surface area contributed by atoms with Gasteiger partial charge in [0.2, 0.25) is 5.95 Å². The molecular formula is C58H40N4O2. The topological polar surface area (TPSA) is 69.9 Å². The first-order valence-electron chi connectivity index (χ1n) is 21.9. The van der Waals surface area contributed by atoms with Crippen molar-refractivity contribution >= 4 is 76.5 Å². The van der Waals surface area contributed by atoms with Gasteiger partial charge < -0.3 is 8.83 Å². The molecule has 13 rings (SSSR count). The number of hydrogen-bond acceptors (Lipinski definition) is 5. The van der Waals surface area contributed by atoms with Gasteiger partial charge in [-0.2, -0.15) is 9.97 Å². The summed E-state index contributed by atoms with van der Waals surface area (Å²) in [6, 6.07) is 67.5. The van der Waals surface area contributed by atoms with Crippen LogP contribution in [-0.2, 0) is 0 Å². The van der Waals surface area contributed by atoms with Gasteiger partial charge in [0.25, 0.3) is 0 Å². The number of aromatic nitrogens is 4. The first kappa shape index (κ1) is 37.4. The van der Waals surface area contributed by atoms with Crippen molar-refractivity contribution in [2.75, 3.05) is 0 Å². The molecular weight excluding hydrogens is 785 g/mol. The molecule has 0 aliphatic rings. The molecule has 0 radical (unpaired) electrons. The lowest BCUT2D eigenvalue weighted by atomic mass is 9.90. The Labute approximate surface area is 368 Å². The minimum atomic E-state index is 0.534. The van der Waals surface area contributed by atoms with Crippen LogP contribution in [0.25, 0.3) is 127 Å². The van der Waals surface area contributed by atoms with Gasteiger partial charge in [0.1, 0.15) is 22.3 Å². The van der Waals surface area contributed by atoms with Gasteiger partial charge in [0, 0.05) is 49.0 Å². The van der Waals surface area contributed by atoms with Gasteiger partial charge in [-0.15, -0.1) is 0 Å². The summed E-state index contributed by atoms with van der Waals surface area (Å²) in [6.07, 6.45) is 1.25. The third-order valence-corrected chi connectivity index (χ3v) is 12.1. The minimum absolute atomic E-state index is 0.534. The van der Waals surface area contributed by atoms with E-state index in [9.17, 15) is 0 Å². The van der Waals surface area contributed by atoms with E-state index >= 15 is 0 Å². The molecule has 4 heterocycles. The van der Waals surface area contributed by atoms with Crippen LogP contribution in [-0.4, -0.2) is 19.5 Å². The summed E-state index contributed by atoms with van der Waals surface area (Å²) < 4.78 is 14.9. The minimum Gasteiger partial charge on any atom is -0.456 e. The molecule has 0 aliphatic carbocycles. The SMILES string of the molecule is CCC.c1ccc(-c2nc(-c3ccc4c(c3)oc3ccccc34)nc(-n3c4ccccc4c4cccc(-c5cccc6c(-c7cccc8oc9ccccc9c78)cccc56)c43)n2)cc1. The van der Waals surface area contributed by atoms with Crippen LogP contribution in [0.15, 0.2) is 203 Å². The smallest absolute Gasteiger partial charge is 0.238 e. The number of furan rings is 2. The predicted molar refractivity (Wildman–Crippen MR) is 264 cm³/mol. The number of hydrogen-bond donors (Lipinski definition) is 0. The highest BCUT2D eigenvalue weighted by Gasteiger charge is 2.22. The second-order valence-electron chi connectivity index (χ2n) is 16.2. The van der Waals surface area contributed by atoms with E-state index in [1.165, 1.54) is 6.42 Å². The molecule has 0 saturated carbocycles. The number of fused-ring (bicyclic) bond motifs is 10. The summed E-state index contributed by atoms with van der Waals surface area (Å²) >= 11 is 0. The normalized spacial score (nSPS) is 11.7. The van der Waals surface area contributed by atoms with Gasteiger partial charge in [-0.3, -0.25) is 4.57 Å². The Kier molecular flexibility index (Phi) is 8.90. The fourth-order valence-corrected chi connectivity index (χ4v) is 9.40. The van der Waals surface area contributed by atoms with Crippen LogP contribution in [0.4, 0.5) is 0 Å². The Bertz CT molecular complexity index is 3910. The lowest BCUT2D eigenvalue weighted by molar-refractivity contribution is 0.668. The van der Waals surface area contributed by atoms with Gasteiger partial charge in [-0.05, 0) is 63.9 Å². The van der Waals surface area contributed by atoms with Crippen molar-refractivity contribution in [2.24, 2.45) is 0 Å². The van der Waals surface area contributed by atoms with Crippen LogP contribution in [0.3, 0.4) is 0 Å². The fourth-order valence-electron chi connectivity index (χ4n) is 9.40. The molecule has 13 aromatic rings. The standard InChI is InChI=1S/C55H32N4O2.C3H8/c1-2-14-33(15-3-1)53-56-54(34-30-31-41-40-17-5-8-27-47(40)61-50(41)32-34)58-55(57-53)59-46-26-7-4-16-39(46)44-25-12-24-43(52(44)59)38-22-11-19-35-36(38)20-10-21-37(35)42-23-13-29-49-51(42)45-18-6-9-28-48(45)60-49;1-3-2/h1-32H;3H2,1-2H3. The summed E-state index contributed by atoms with van der Waals surface area (Å²) in [5.41, 5.74) is 11.7. The maximum absolute atomic E-state index is 6.34. The number of benzene rings is 9. The van der Waals surface area contributed by atoms with Crippen LogP contribution >= 0.6 is 0 Å². The predicted octanol–water partition coefficient (Wildman–Crippen LogP) is 16.0. The Balaban J connectivity index is 0.00000141. The number of nitrogens with zero attached hydrogens (tertiary/aromatic N) is 4. The largest absolute Gasteiger partial charge is 0.456 e. The molecule has 304 valence electrons. The first-order chi connectivity index (χ1) is 31.7. The van der Waals surface area contributed by atoms with Gasteiger partial charge in [0.15, 0.2) is 11.6 Å². The van der Waals surface area contributed by atoms with Crippen LogP contribution < -0.4 is 0 Å². The Morgan fingerprint density at radius 1 is 0.375 bits per heavy atom. The highest BCUT2D eigenvalue weighted by atomic mass is 16.3. The number of rotatable bonds is 5. The second-order valence-corrected chi connectivity index (χ2v) is 16.2. The van der Waals surface area contributed by atoms with Gasteiger partial charge in [-0.1, -0.05) is 178 Å². The summed E-state index contributed by atoms with van der Waals surface area (Å²) in [5, 5.41) is 8.90. The third kappa shape index (κ3) is 5.98. The van der Waals surface area contributed by atoms with Crippen LogP contribution in [0.2, 0.25) is 0 Å². The average molecular weight is 825 g/mol. The Hall–Kier alpha value is -8.35. The van der Waals surface area contributed by atoms with Gasteiger partial charge in [0.05, 0.1) is 11.0 Å². The average Bonchev–Trinajstić information content (AvgIpc) is 4.04. The van der Waals surface area contributed by atoms with E-state index in [2.05, 4.69) is 146 Å². The summed E-state index contributed by atoms with van der Waals surface area (Å²) in [5.74, 6) is 1.68. The fraction of sp³-hybridized carbons (Fsp3) is 0.0517. The molecule has 4 aromatic heterocycles. The van der Waals surface area contributed by atoms with E-state index in [1.54, 1.807) is 0 Å². The van der Waals surface area contributed by atoms with E-state index < -0.39 is 0 Å². The van der Waals surface area contributed by atoms with Crippen molar-refractivity contribution in [3.63, 3.8) is 0 Å². The van der Waals surface area contributed by atoms with E-state index in [-0.39, 0.29) is 0 Å². The molecule has 6 nitrogen and oxygen atoms in total. The molecule has 0 amide bonds. The zero-order valence-corrected chi connectivity index (χ0v) is 35.3. The van der Waals surface area contributed by atoms with Gasteiger partial charge in [-0.25, -0.2) is 4.98 Å². The van der Waals surface area contributed by atoms with Crippen molar-refractivity contribution in [1.29, 1.82) is 0 Å². The zero-order chi connectivity index (χ0) is 42.7. The summed E-state index contributed by atoms with van der Waals surface area (Å²) in [4.78, 5) is 15.7. The third-order valence-electron chi connectivity index (χ3n) is 12.1. The van der Waals surface area contributed by atoms with E-state index in [1.807, 2.05) is 66.7 Å². The summed E-state index contributed by atoms with van der Waals surface area (Å²) in [6.45, 7) is 4.25. The molecule has 0 fully saturated rings. The molecule has 0 saturated heterocycles. The molecule has 64 heavy (non-hydrogen) atoms. The highest BCUT2D eigenvalue weighted by Crippen LogP contribution is 2.44. The molecule has 0 aliphatic heterocycles. The van der Waals surface area contributed by atoms with Crippen molar-refractivity contribution in [3.8, 4) is 51.0 Å². The molecule has 0 atom stereocenters. The molecule has 0 unspecified atom stereocenters. The Morgan fingerprint density at radius 2 is 0.891 bits per heavy atom. The maximum atomic E-state index is 6.34. The molecule has 0 bridgehead atoms. The van der Waals surface area contributed by atoms with Crippen LogP contribution in [0, 0.1) is 0 Å². The molecule has 6 heteroatoms. The van der Waals surface area contributed by atoms with Crippen molar-refractivity contribution < 1.29 is 8.83 Å². The molecule has 0 N–H and O–H groups in total. The lowest BCUT2D eigenvalue weighted by Gasteiger charge is -2.15. The van der Waals surface area contributed by atoms with Crippen LogP contribution in [0.1, 0.15) is 20.3 Å². The van der Waals surface area contributed by atoms with Crippen molar-refractivity contribution in [1.82, 2.24) is 19.5 Å². The molecule has 9 aromatic carbocycles. The maximum Gasteiger partial charge on any atom is 0.238 e. The van der Waals surface area contributed by atoms with Gasteiger partial charge >= 0.3 is 0 Å². The quantitative estimate of drug-likeness (QED) is 0.173. The monoisotopic (exact) mass is 824 g/mol. The molecule has 0 spiro atoms. The second kappa shape index (κ2) is 15.2. The van der Waals surface area contributed by atoms with Crippen molar-refractivity contribution in [3.05, 3.63) is 194 Å². The summed E-state index contributed by atoms with van der Waals surface area (Å²) in [7, 11) is 0. The lowest BCUT2D eigenvalue weighted by Crippen LogP contribution is -2.07. The first-order valence-corrected chi connectivity index (χ1v) is 21.9. The van der Waals surface area contributed by atoms with E-state index in [4.69, 9.17) is 23.8 Å². The van der Waals surface area contributed by atoms with E-state index in [0.717, 1.165) is 110 Å². The highest BCUT2D eigenvalue weighted by molar-refractivity contribution is 6.19. The number of para-hydroxylation sites is 4.